The lowest BCUT2D eigenvalue weighted by molar-refractivity contribution is -0.113. The average molecular weight is 427 g/mol. The van der Waals surface area contributed by atoms with E-state index in [9.17, 15) is 4.79 Å². The molecule has 1 atom stereocenters. The van der Waals surface area contributed by atoms with Crippen LogP contribution in [0.5, 0.6) is 11.5 Å². The van der Waals surface area contributed by atoms with Crippen molar-refractivity contribution in [3.8, 4) is 11.5 Å². The maximum atomic E-state index is 13.4. The molecule has 3 aromatic rings. The quantitative estimate of drug-likeness (QED) is 0.645. The number of allylic oxidation sites excluding steroid dienone is 1. The number of nitrogens with one attached hydrogen (secondary N) is 2. The Morgan fingerprint density at radius 3 is 2.63 bits per heavy atom. The number of benzene rings is 2. The zero-order valence-corrected chi connectivity index (χ0v) is 17.3. The van der Waals surface area contributed by atoms with Gasteiger partial charge in [-0.1, -0.05) is 28.8 Å². The number of methoxy groups -OCH3 is 2. The zero-order chi connectivity index (χ0) is 21.3. The van der Waals surface area contributed by atoms with E-state index in [2.05, 4.69) is 26.2 Å². The lowest BCUT2D eigenvalue weighted by Gasteiger charge is -2.28. The summed E-state index contributed by atoms with van der Waals surface area (Å²) in [5.74, 6) is 1.24. The van der Waals surface area contributed by atoms with Crippen molar-refractivity contribution in [2.45, 2.75) is 13.0 Å². The number of hydrogen-bond donors (Lipinski definition) is 2. The predicted octanol–water partition coefficient (Wildman–Crippen LogP) is 3.27. The van der Waals surface area contributed by atoms with E-state index in [0.717, 1.165) is 5.56 Å². The van der Waals surface area contributed by atoms with Crippen molar-refractivity contribution < 1.29 is 14.3 Å². The van der Waals surface area contributed by atoms with Crippen LogP contribution in [0.2, 0.25) is 5.02 Å². The molecule has 1 amide bonds. The molecule has 30 heavy (non-hydrogen) atoms. The Bertz CT molecular complexity index is 1130. The van der Waals surface area contributed by atoms with E-state index in [4.69, 9.17) is 21.1 Å². The monoisotopic (exact) mass is 426 g/mol. The molecule has 2 N–H and O–H groups in total. The second kappa shape index (κ2) is 8.03. The number of carbonyl (C=O) groups is 1. The van der Waals surface area contributed by atoms with Gasteiger partial charge < -0.3 is 20.1 Å². The van der Waals surface area contributed by atoms with E-state index in [0.29, 0.717) is 39.4 Å². The lowest BCUT2D eigenvalue weighted by Crippen LogP contribution is -2.31. The molecule has 154 valence electrons. The molecule has 0 radical (unpaired) electrons. The Morgan fingerprint density at radius 2 is 1.93 bits per heavy atom. The molecule has 0 unspecified atom stereocenters. The summed E-state index contributed by atoms with van der Waals surface area (Å²) >= 11 is 6.05. The van der Waals surface area contributed by atoms with Crippen molar-refractivity contribution in [2.24, 2.45) is 0 Å². The van der Waals surface area contributed by atoms with Crippen molar-refractivity contribution in [2.75, 3.05) is 24.9 Å². The Kier molecular flexibility index (Phi) is 5.28. The fourth-order valence-electron chi connectivity index (χ4n) is 3.35. The van der Waals surface area contributed by atoms with Crippen LogP contribution in [0.1, 0.15) is 18.5 Å². The first kappa shape index (κ1) is 19.7. The molecule has 1 aliphatic rings. The van der Waals surface area contributed by atoms with Crippen LogP contribution in [-0.4, -0.2) is 40.3 Å². The minimum absolute atomic E-state index is 0.315. The maximum absolute atomic E-state index is 13.4. The third-order valence-electron chi connectivity index (χ3n) is 4.80. The summed E-state index contributed by atoms with van der Waals surface area (Å²) < 4.78 is 12.2. The molecule has 0 aliphatic carbocycles. The average Bonchev–Trinajstić information content (AvgIpc) is 3.21. The molecule has 1 aliphatic heterocycles. The van der Waals surface area contributed by atoms with Crippen molar-refractivity contribution in [1.29, 1.82) is 0 Å². The van der Waals surface area contributed by atoms with Crippen LogP contribution in [-0.2, 0) is 4.79 Å². The van der Waals surface area contributed by atoms with Gasteiger partial charge in [0.1, 0.15) is 17.5 Å². The van der Waals surface area contributed by atoms with Gasteiger partial charge >= 0.3 is 0 Å². The second-order valence-corrected chi connectivity index (χ2v) is 7.02. The summed E-state index contributed by atoms with van der Waals surface area (Å²) in [6.45, 7) is 1.81. The van der Waals surface area contributed by atoms with E-state index in [-0.39, 0.29) is 5.91 Å². The first-order valence-electron chi connectivity index (χ1n) is 9.06. The molecule has 2 heterocycles. The van der Waals surface area contributed by atoms with Crippen molar-refractivity contribution >= 4 is 29.1 Å². The highest BCUT2D eigenvalue weighted by molar-refractivity contribution is 6.30. The lowest BCUT2D eigenvalue weighted by atomic mass is 9.95. The van der Waals surface area contributed by atoms with Crippen molar-refractivity contribution in [1.82, 2.24) is 20.2 Å². The number of hydrogen-bond acceptors (Lipinski definition) is 7. The Hall–Kier alpha value is -3.59. The van der Waals surface area contributed by atoms with E-state index in [1.165, 1.54) is 7.11 Å². The number of carbonyl (C=O) groups excluding carboxylic acids is 1. The van der Waals surface area contributed by atoms with Gasteiger partial charge in [0.2, 0.25) is 5.95 Å². The third-order valence-corrected chi connectivity index (χ3v) is 5.05. The second-order valence-electron chi connectivity index (χ2n) is 6.59. The minimum Gasteiger partial charge on any atom is -0.497 e. The summed E-state index contributed by atoms with van der Waals surface area (Å²) in [7, 11) is 3.09. The van der Waals surface area contributed by atoms with Crippen molar-refractivity contribution in [3.05, 3.63) is 64.3 Å². The molecular weight excluding hydrogens is 408 g/mol. The minimum atomic E-state index is -0.530. The first-order chi connectivity index (χ1) is 14.5. The number of anilines is 2. The number of rotatable bonds is 5. The predicted molar refractivity (Wildman–Crippen MR) is 112 cm³/mol. The number of aromatic nitrogens is 4. The highest BCUT2D eigenvalue weighted by Crippen LogP contribution is 2.36. The van der Waals surface area contributed by atoms with Gasteiger partial charge in [0.05, 0.1) is 25.5 Å². The van der Waals surface area contributed by atoms with Crippen LogP contribution in [0.4, 0.5) is 11.6 Å². The van der Waals surface area contributed by atoms with Crippen LogP contribution < -0.4 is 20.1 Å². The van der Waals surface area contributed by atoms with E-state index in [1.807, 2.05) is 12.1 Å². The van der Waals surface area contributed by atoms with Gasteiger partial charge in [-0.2, -0.15) is 4.68 Å². The number of amides is 1. The number of ether oxygens (including phenoxy) is 2. The van der Waals surface area contributed by atoms with Gasteiger partial charge in [-0.05, 0) is 47.2 Å². The Morgan fingerprint density at radius 1 is 1.17 bits per heavy atom. The van der Waals surface area contributed by atoms with Gasteiger partial charge in [0.15, 0.2) is 0 Å². The van der Waals surface area contributed by atoms with Crippen LogP contribution in [0, 0.1) is 0 Å². The molecule has 0 bridgehead atoms. The molecule has 4 rings (SSSR count). The molecule has 10 heteroatoms. The summed E-state index contributed by atoms with van der Waals surface area (Å²) in [5, 5.41) is 18.4. The first-order valence-corrected chi connectivity index (χ1v) is 9.44. The smallest absolute Gasteiger partial charge is 0.255 e. The normalized spacial score (nSPS) is 15.3. The Balaban J connectivity index is 1.74. The third kappa shape index (κ3) is 3.55. The maximum Gasteiger partial charge on any atom is 0.255 e. The summed E-state index contributed by atoms with van der Waals surface area (Å²) in [6.07, 6.45) is 0. The molecule has 9 nitrogen and oxygen atoms in total. The largest absolute Gasteiger partial charge is 0.497 e. The summed E-state index contributed by atoms with van der Waals surface area (Å²) in [6, 6.07) is 11.9. The fraction of sp³-hybridized carbons (Fsp3) is 0.200. The van der Waals surface area contributed by atoms with Gasteiger partial charge in [0, 0.05) is 16.8 Å². The molecule has 1 aromatic heterocycles. The molecule has 0 fully saturated rings. The van der Waals surface area contributed by atoms with Gasteiger partial charge in [0.25, 0.3) is 5.91 Å². The van der Waals surface area contributed by atoms with E-state index < -0.39 is 6.04 Å². The summed E-state index contributed by atoms with van der Waals surface area (Å²) in [5.41, 5.74) is 2.44. The van der Waals surface area contributed by atoms with Crippen LogP contribution in [0.3, 0.4) is 0 Å². The van der Waals surface area contributed by atoms with Gasteiger partial charge in [-0.3, -0.25) is 4.79 Å². The molecular formula is C20H19ClN6O3. The highest BCUT2D eigenvalue weighted by Gasteiger charge is 2.34. The van der Waals surface area contributed by atoms with Gasteiger partial charge in [-0.25, -0.2) is 0 Å². The van der Waals surface area contributed by atoms with E-state index in [1.54, 1.807) is 49.0 Å². The number of tetrazole rings is 1. The molecule has 2 aromatic carbocycles. The fourth-order valence-corrected chi connectivity index (χ4v) is 3.48. The number of fused-ring (bicyclic) bond motifs is 1. The molecule has 0 spiro atoms. The SMILES string of the molecule is COc1ccc(NC(=O)C2=C(C)Nc3nnnn3[C@H]2c2ccc(Cl)cc2)c(OC)c1. The zero-order valence-electron chi connectivity index (χ0n) is 16.5. The molecule has 0 saturated carbocycles. The van der Waals surface area contributed by atoms with Crippen LogP contribution in [0.25, 0.3) is 0 Å². The standard InChI is InChI=1S/C20H19ClN6O3/c1-11-17(19(28)23-15-9-8-14(29-2)10-16(15)30-3)18(12-4-6-13(21)7-5-12)27-20(22-11)24-25-26-27/h4-10,18H,1-3H3,(H,23,28)(H,22,24,26)/t18-/m0/s1. The topological polar surface area (TPSA) is 103 Å². The van der Waals surface area contributed by atoms with Crippen LogP contribution in [0.15, 0.2) is 53.7 Å². The molecule has 0 saturated heterocycles. The van der Waals surface area contributed by atoms with Gasteiger partial charge in [-0.15, -0.1) is 0 Å². The van der Waals surface area contributed by atoms with E-state index >= 15 is 0 Å². The highest BCUT2D eigenvalue weighted by atomic mass is 35.5. The van der Waals surface area contributed by atoms with Crippen LogP contribution >= 0.6 is 11.6 Å². The summed E-state index contributed by atoms with van der Waals surface area (Å²) in [4.78, 5) is 13.4. The Labute approximate surface area is 177 Å². The van der Waals surface area contributed by atoms with Crippen molar-refractivity contribution in [3.63, 3.8) is 0 Å². The number of halogens is 1. The number of nitrogens with zero attached hydrogens (tertiary/aromatic N) is 4.